The molecule has 0 amide bonds. The van der Waals surface area contributed by atoms with Crippen molar-refractivity contribution in [3.8, 4) is 5.75 Å². The van der Waals surface area contributed by atoms with Gasteiger partial charge in [-0.2, -0.15) is 0 Å². The zero-order valence-electron chi connectivity index (χ0n) is 10.4. The van der Waals surface area contributed by atoms with E-state index in [0.29, 0.717) is 17.7 Å². The second-order valence-corrected chi connectivity index (χ2v) is 4.65. The van der Waals surface area contributed by atoms with Crippen LogP contribution in [0.5, 0.6) is 5.75 Å². The van der Waals surface area contributed by atoms with Crippen LogP contribution in [0.3, 0.4) is 0 Å². The maximum atomic E-state index is 13.6. The smallest absolute Gasteiger partial charge is 0.126 e. The molecule has 17 heavy (non-hydrogen) atoms. The highest BCUT2D eigenvalue weighted by molar-refractivity contribution is 5.45. The van der Waals surface area contributed by atoms with Gasteiger partial charge in [0.25, 0.3) is 0 Å². The molecule has 0 unspecified atom stereocenters. The maximum absolute atomic E-state index is 13.6. The number of phenols is 1. The number of aromatic hydroxyl groups is 1. The van der Waals surface area contributed by atoms with Gasteiger partial charge in [0.1, 0.15) is 11.6 Å². The molecular formula is C13H19FN2O. The van der Waals surface area contributed by atoms with Crippen LogP contribution in [0, 0.1) is 19.7 Å². The van der Waals surface area contributed by atoms with E-state index < -0.39 is 0 Å². The molecule has 0 saturated carbocycles. The van der Waals surface area contributed by atoms with Crippen molar-refractivity contribution in [3.63, 3.8) is 0 Å². The second-order valence-electron chi connectivity index (χ2n) is 4.65. The van der Waals surface area contributed by atoms with Crippen LogP contribution in [0.25, 0.3) is 0 Å². The summed E-state index contributed by atoms with van der Waals surface area (Å²) in [6, 6.07) is 1.39. The van der Waals surface area contributed by atoms with E-state index in [4.69, 9.17) is 0 Å². The van der Waals surface area contributed by atoms with Crippen molar-refractivity contribution >= 4 is 0 Å². The standard InChI is InChI=1S/C13H19FN2O/c1-9-7-12(14)10(2)11(13(9)17)8-16-5-3-15-4-6-16/h7,15,17H,3-6,8H2,1-2H3. The Balaban J connectivity index is 2.24. The molecule has 1 heterocycles. The third-order valence-corrected chi connectivity index (χ3v) is 3.40. The van der Waals surface area contributed by atoms with Crippen LogP contribution in [0.4, 0.5) is 4.39 Å². The van der Waals surface area contributed by atoms with Crippen LogP contribution in [0.1, 0.15) is 16.7 Å². The highest BCUT2D eigenvalue weighted by Crippen LogP contribution is 2.28. The number of nitrogens with one attached hydrogen (secondary N) is 1. The molecule has 1 aliphatic heterocycles. The summed E-state index contributed by atoms with van der Waals surface area (Å²) in [6.45, 7) is 7.87. The van der Waals surface area contributed by atoms with E-state index in [9.17, 15) is 9.50 Å². The minimum atomic E-state index is -0.231. The van der Waals surface area contributed by atoms with Crippen molar-refractivity contribution in [1.82, 2.24) is 10.2 Å². The number of aryl methyl sites for hydroxylation is 1. The lowest BCUT2D eigenvalue weighted by Crippen LogP contribution is -2.43. The van der Waals surface area contributed by atoms with Crippen LogP contribution in [-0.4, -0.2) is 36.2 Å². The normalized spacial score (nSPS) is 17.4. The predicted molar refractivity (Wildman–Crippen MR) is 65.7 cm³/mol. The van der Waals surface area contributed by atoms with Crippen molar-refractivity contribution in [2.75, 3.05) is 26.2 Å². The second kappa shape index (κ2) is 5.02. The molecule has 3 nitrogen and oxygen atoms in total. The molecule has 1 aliphatic rings. The van der Waals surface area contributed by atoms with Gasteiger partial charge in [0.05, 0.1) is 0 Å². The molecule has 0 aromatic heterocycles. The van der Waals surface area contributed by atoms with E-state index >= 15 is 0 Å². The summed E-state index contributed by atoms with van der Waals surface area (Å²) >= 11 is 0. The number of nitrogens with zero attached hydrogens (tertiary/aromatic N) is 1. The molecule has 0 bridgehead atoms. The Labute approximate surface area is 101 Å². The third kappa shape index (κ3) is 2.58. The van der Waals surface area contributed by atoms with Gasteiger partial charge >= 0.3 is 0 Å². The van der Waals surface area contributed by atoms with Crippen molar-refractivity contribution in [3.05, 3.63) is 28.6 Å². The molecule has 2 rings (SSSR count). The van der Waals surface area contributed by atoms with Gasteiger partial charge in [-0.05, 0) is 31.0 Å². The van der Waals surface area contributed by atoms with Gasteiger partial charge in [-0.3, -0.25) is 4.90 Å². The van der Waals surface area contributed by atoms with Crippen LogP contribution in [0.15, 0.2) is 6.07 Å². The summed E-state index contributed by atoms with van der Waals surface area (Å²) in [4.78, 5) is 2.23. The Morgan fingerprint density at radius 1 is 1.35 bits per heavy atom. The monoisotopic (exact) mass is 238 g/mol. The van der Waals surface area contributed by atoms with E-state index in [1.54, 1.807) is 13.8 Å². The highest BCUT2D eigenvalue weighted by Gasteiger charge is 2.17. The Hall–Kier alpha value is -1.13. The number of benzene rings is 1. The lowest BCUT2D eigenvalue weighted by molar-refractivity contribution is 0.229. The minimum absolute atomic E-state index is 0.231. The summed E-state index contributed by atoms with van der Waals surface area (Å²) in [7, 11) is 0. The third-order valence-electron chi connectivity index (χ3n) is 3.40. The Morgan fingerprint density at radius 2 is 2.00 bits per heavy atom. The highest BCUT2D eigenvalue weighted by atomic mass is 19.1. The Kier molecular flexibility index (Phi) is 3.64. The van der Waals surface area contributed by atoms with Crippen LogP contribution < -0.4 is 5.32 Å². The summed E-state index contributed by atoms with van der Waals surface area (Å²) in [6.07, 6.45) is 0. The van der Waals surface area contributed by atoms with Gasteiger partial charge < -0.3 is 10.4 Å². The molecule has 0 atom stereocenters. The fraction of sp³-hybridized carbons (Fsp3) is 0.538. The molecule has 1 aromatic carbocycles. The topological polar surface area (TPSA) is 35.5 Å². The molecule has 0 radical (unpaired) electrons. The molecule has 0 aliphatic carbocycles. The first-order chi connectivity index (χ1) is 8.09. The zero-order chi connectivity index (χ0) is 12.4. The lowest BCUT2D eigenvalue weighted by atomic mass is 10.0. The van der Waals surface area contributed by atoms with Gasteiger partial charge in [0.15, 0.2) is 0 Å². The summed E-state index contributed by atoms with van der Waals surface area (Å²) in [5, 5.41) is 13.3. The summed E-state index contributed by atoms with van der Waals surface area (Å²) in [5.41, 5.74) is 1.90. The minimum Gasteiger partial charge on any atom is -0.507 e. The zero-order valence-corrected chi connectivity index (χ0v) is 10.4. The fourth-order valence-corrected chi connectivity index (χ4v) is 2.21. The van der Waals surface area contributed by atoms with E-state index in [2.05, 4.69) is 10.2 Å². The van der Waals surface area contributed by atoms with Crippen molar-refractivity contribution in [1.29, 1.82) is 0 Å². The van der Waals surface area contributed by atoms with Gasteiger partial charge in [0.2, 0.25) is 0 Å². The summed E-state index contributed by atoms with van der Waals surface area (Å²) in [5.74, 6) is 0.00728. The SMILES string of the molecule is Cc1cc(F)c(C)c(CN2CCNCC2)c1O. The number of rotatable bonds is 2. The first-order valence-electron chi connectivity index (χ1n) is 6.00. The Bertz CT molecular complexity index is 388. The van der Waals surface area contributed by atoms with E-state index in [1.165, 1.54) is 6.07 Å². The first-order valence-corrected chi connectivity index (χ1v) is 6.00. The lowest BCUT2D eigenvalue weighted by Gasteiger charge is -2.28. The van der Waals surface area contributed by atoms with E-state index in [-0.39, 0.29) is 11.6 Å². The van der Waals surface area contributed by atoms with Crippen molar-refractivity contribution in [2.45, 2.75) is 20.4 Å². The van der Waals surface area contributed by atoms with Gasteiger partial charge in [-0.1, -0.05) is 0 Å². The quantitative estimate of drug-likeness (QED) is 0.820. The average molecular weight is 238 g/mol. The van der Waals surface area contributed by atoms with E-state index in [0.717, 1.165) is 31.7 Å². The number of hydrogen-bond donors (Lipinski definition) is 2. The van der Waals surface area contributed by atoms with Crippen LogP contribution in [-0.2, 0) is 6.54 Å². The van der Waals surface area contributed by atoms with Gasteiger partial charge in [-0.15, -0.1) is 0 Å². The molecule has 0 spiro atoms. The average Bonchev–Trinajstić information content (AvgIpc) is 2.33. The molecular weight excluding hydrogens is 219 g/mol. The molecule has 1 fully saturated rings. The maximum Gasteiger partial charge on any atom is 0.126 e. The van der Waals surface area contributed by atoms with Crippen molar-refractivity contribution < 1.29 is 9.50 Å². The number of hydrogen-bond acceptors (Lipinski definition) is 3. The van der Waals surface area contributed by atoms with E-state index in [1.807, 2.05) is 0 Å². The summed E-state index contributed by atoms with van der Waals surface area (Å²) < 4.78 is 13.6. The first kappa shape index (κ1) is 12.3. The largest absolute Gasteiger partial charge is 0.507 e. The number of halogens is 1. The van der Waals surface area contributed by atoms with Gasteiger partial charge in [0, 0.05) is 38.3 Å². The fourth-order valence-electron chi connectivity index (χ4n) is 2.21. The molecule has 1 saturated heterocycles. The molecule has 2 N–H and O–H groups in total. The van der Waals surface area contributed by atoms with Crippen LogP contribution >= 0.6 is 0 Å². The Morgan fingerprint density at radius 3 is 2.65 bits per heavy atom. The van der Waals surface area contributed by atoms with Crippen LogP contribution in [0.2, 0.25) is 0 Å². The predicted octanol–water partition coefficient (Wildman–Crippen LogP) is 1.55. The number of piperazine rings is 1. The van der Waals surface area contributed by atoms with Crippen molar-refractivity contribution in [2.24, 2.45) is 0 Å². The molecule has 4 heteroatoms. The molecule has 94 valence electrons. The number of phenolic OH excluding ortho intramolecular Hbond substituents is 1. The van der Waals surface area contributed by atoms with Gasteiger partial charge in [-0.25, -0.2) is 4.39 Å². The molecule has 1 aromatic rings.